The number of nitrogens with zero attached hydrogens (tertiary/aromatic N) is 3. The predicted octanol–water partition coefficient (Wildman–Crippen LogP) is 5.09. The molecule has 0 saturated heterocycles. The number of carbonyl (C=O) groups is 3. The van der Waals surface area contributed by atoms with Gasteiger partial charge in [0.05, 0.1) is 24.8 Å². The molecule has 0 atom stereocenters. The summed E-state index contributed by atoms with van der Waals surface area (Å²) in [5.41, 5.74) is 9.01. The number of hydrogen-bond acceptors (Lipinski definition) is 11. The van der Waals surface area contributed by atoms with Crippen LogP contribution in [0.2, 0.25) is 0 Å². The maximum absolute atomic E-state index is 12.8. The van der Waals surface area contributed by atoms with E-state index in [2.05, 4.69) is 22.4 Å². The summed E-state index contributed by atoms with van der Waals surface area (Å²) in [6.07, 6.45) is 0.832. The SMILES string of the molecule is CCOC(=O)c1sc(NC(=O)CCSc2nc(N)c(C#N)c(-c3ccc(CC)cc3)c2C#N)c(C(=O)OC)c1C. The van der Waals surface area contributed by atoms with E-state index in [1.807, 2.05) is 31.2 Å². The van der Waals surface area contributed by atoms with Crippen LogP contribution in [-0.4, -0.2) is 42.3 Å². The van der Waals surface area contributed by atoms with Crippen molar-refractivity contribution in [2.24, 2.45) is 0 Å². The van der Waals surface area contributed by atoms with E-state index in [-0.39, 0.29) is 51.2 Å². The summed E-state index contributed by atoms with van der Waals surface area (Å²) in [6, 6.07) is 11.7. The van der Waals surface area contributed by atoms with E-state index in [0.29, 0.717) is 21.7 Å². The van der Waals surface area contributed by atoms with Gasteiger partial charge in [-0.25, -0.2) is 14.6 Å². The number of nitriles is 2. The number of benzene rings is 1. The smallest absolute Gasteiger partial charge is 0.348 e. The molecule has 0 fully saturated rings. The van der Waals surface area contributed by atoms with Gasteiger partial charge < -0.3 is 20.5 Å². The second kappa shape index (κ2) is 13.6. The van der Waals surface area contributed by atoms with Crippen molar-refractivity contribution < 1.29 is 23.9 Å². The van der Waals surface area contributed by atoms with Crippen molar-refractivity contribution in [3.8, 4) is 23.3 Å². The third-order valence-corrected chi connectivity index (χ3v) is 8.05. The summed E-state index contributed by atoms with van der Waals surface area (Å²) in [5, 5.41) is 22.9. The van der Waals surface area contributed by atoms with E-state index >= 15 is 0 Å². The highest BCUT2D eigenvalue weighted by atomic mass is 32.2. The van der Waals surface area contributed by atoms with E-state index in [4.69, 9.17) is 15.2 Å². The molecule has 3 rings (SSSR count). The number of nitrogens with two attached hydrogens (primary N) is 1. The van der Waals surface area contributed by atoms with Gasteiger partial charge in [0.2, 0.25) is 5.91 Å². The molecule has 1 aromatic carbocycles. The number of pyridine rings is 1. The molecule has 1 amide bonds. The van der Waals surface area contributed by atoms with E-state index < -0.39 is 17.8 Å². The molecule has 40 heavy (non-hydrogen) atoms. The van der Waals surface area contributed by atoms with Gasteiger partial charge in [-0.1, -0.05) is 31.2 Å². The fraction of sp³-hybridized carbons (Fsp3) is 0.286. The Kier molecular flexibility index (Phi) is 10.3. The first-order valence-electron chi connectivity index (χ1n) is 12.2. The zero-order chi connectivity index (χ0) is 29.4. The molecule has 206 valence electrons. The average Bonchev–Trinajstić information content (AvgIpc) is 3.27. The number of thiophene rings is 1. The van der Waals surface area contributed by atoms with Gasteiger partial charge >= 0.3 is 11.9 Å². The first kappa shape index (κ1) is 30.2. The number of nitrogen functional groups attached to an aromatic ring is 1. The summed E-state index contributed by atoms with van der Waals surface area (Å²) < 4.78 is 9.88. The summed E-state index contributed by atoms with van der Waals surface area (Å²) in [4.78, 5) is 42.0. The minimum atomic E-state index is -0.690. The number of amides is 1. The molecule has 0 aliphatic heterocycles. The third-order valence-electron chi connectivity index (χ3n) is 5.88. The molecule has 0 aliphatic carbocycles. The van der Waals surface area contributed by atoms with Crippen LogP contribution in [0.4, 0.5) is 10.8 Å². The fourth-order valence-corrected chi connectivity index (χ4v) is 5.91. The number of thioether (sulfide) groups is 1. The maximum atomic E-state index is 12.8. The van der Waals surface area contributed by atoms with Gasteiger partial charge in [-0.15, -0.1) is 23.1 Å². The Morgan fingerprint density at radius 1 is 1.10 bits per heavy atom. The monoisotopic (exact) mass is 577 g/mol. The molecule has 0 saturated carbocycles. The second-order valence-electron chi connectivity index (χ2n) is 8.32. The number of methoxy groups -OCH3 is 1. The molecular formula is C28H27N5O5S2. The second-order valence-corrected chi connectivity index (χ2v) is 10.4. The molecule has 0 spiro atoms. The minimum Gasteiger partial charge on any atom is -0.465 e. The molecule has 0 radical (unpaired) electrons. The highest BCUT2D eigenvalue weighted by Gasteiger charge is 2.27. The molecule has 0 bridgehead atoms. The number of rotatable bonds is 10. The van der Waals surface area contributed by atoms with Crippen molar-refractivity contribution in [1.82, 2.24) is 4.98 Å². The van der Waals surface area contributed by atoms with Crippen LogP contribution in [0.1, 0.15) is 62.6 Å². The summed E-state index contributed by atoms with van der Waals surface area (Å²) in [6.45, 7) is 5.44. The van der Waals surface area contributed by atoms with Crippen molar-refractivity contribution in [2.45, 2.75) is 38.6 Å². The number of ether oxygens (including phenoxy) is 2. The highest BCUT2D eigenvalue weighted by Crippen LogP contribution is 2.37. The van der Waals surface area contributed by atoms with Crippen LogP contribution in [0.25, 0.3) is 11.1 Å². The van der Waals surface area contributed by atoms with Gasteiger partial charge in [-0.3, -0.25) is 4.79 Å². The Bertz CT molecular complexity index is 1530. The van der Waals surface area contributed by atoms with E-state index in [0.717, 1.165) is 35.1 Å². The summed E-state index contributed by atoms with van der Waals surface area (Å²) in [5.74, 6) is -1.50. The predicted molar refractivity (Wildman–Crippen MR) is 153 cm³/mol. The fourth-order valence-electron chi connectivity index (χ4n) is 3.87. The van der Waals surface area contributed by atoms with E-state index in [1.165, 1.54) is 7.11 Å². The summed E-state index contributed by atoms with van der Waals surface area (Å²) >= 11 is 2.08. The molecule has 12 heteroatoms. The Morgan fingerprint density at radius 2 is 1.77 bits per heavy atom. The summed E-state index contributed by atoms with van der Waals surface area (Å²) in [7, 11) is 1.21. The number of aromatic nitrogens is 1. The van der Waals surface area contributed by atoms with Crippen molar-refractivity contribution in [3.63, 3.8) is 0 Å². The van der Waals surface area contributed by atoms with Crippen LogP contribution >= 0.6 is 23.1 Å². The van der Waals surface area contributed by atoms with E-state index in [1.54, 1.807) is 13.8 Å². The quantitative estimate of drug-likeness (QED) is 0.244. The normalized spacial score (nSPS) is 10.3. The first-order chi connectivity index (χ1) is 19.2. The van der Waals surface area contributed by atoms with Crippen molar-refractivity contribution in [3.05, 3.63) is 57.0 Å². The Morgan fingerprint density at radius 3 is 2.35 bits per heavy atom. The third kappa shape index (κ3) is 6.42. The van der Waals surface area contributed by atoms with Crippen molar-refractivity contribution in [2.75, 3.05) is 30.5 Å². The molecular weight excluding hydrogens is 550 g/mol. The molecule has 0 aliphatic rings. The zero-order valence-corrected chi connectivity index (χ0v) is 24.0. The van der Waals surface area contributed by atoms with Crippen LogP contribution in [0.3, 0.4) is 0 Å². The number of aryl methyl sites for hydroxylation is 1. The minimum absolute atomic E-state index is 0.00806. The van der Waals surface area contributed by atoms with Gasteiger partial charge in [0.25, 0.3) is 0 Å². The van der Waals surface area contributed by atoms with Crippen LogP contribution < -0.4 is 11.1 Å². The molecule has 2 heterocycles. The number of esters is 2. The lowest BCUT2D eigenvalue weighted by Crippen LogP contribution is -2.14. The molecule has 3 aromatic rings. The van der Waals surface area contributed by atoms with Crippen LogP contribution in [0, 0.1) is 29.6 Å². The Labute approximate surface area is 240 Å². The van der Waals surface area contributed by atoms with Gasteiger partial charge in [-0.05, 0) is 37.0 Å². The molecule has 10 nitrogen and oxygen atoms in total. The first-order valence-corrected chi connectivity index (χ1v) is 14.0. The van der Waals surface area contributed by atoms with Crippen molar-refractivity contribution >= 4 is 51.8 Å². The van der Waals surface area contributed by atoms with Gasteiger partial charge in [-0.2, -0.15) is 10.5 Å². The Balaban J connectivity index is 1.83. The highest BCUT2D eigenvalue weighted by molar-refractivity contribution is 7.99. The van der Waals surface area contributed by atoms with E-state index in [9.17, 15) is 24.9 Å². The standard InChI is InChI=1S/C28H27N5O5S2/c1-5-16-7-9-17(10-8-16)22-18(13-29)24(31)33-25(19(22)14-30)39-12-11-20(34)32-26-21(27(35)37-4)15(3)23(40-26)28(36)38-6-2/h7-10H,5-6,11-12H2,1-4H3,(H2,31,33)(H,32,34). The number of anilines is 2. The largest absolute Gasteiger partial charge is 0.465 e. The van der Waals surface area contributed by atoms with Gasteiger partial charge in [0.15, 0.2) is 0 Å². The lowest BCUT2D eigenvalue weighted by atomic mass is 9.96. The lowest BCUT2D eigenvalue weighted by Gasteiger charge is -2.13. The molecule has 2 aromatic heterocycles. The van der Waals surface area contributed by atoms with Crippen molar-refractivity contribution in [1.29, 1.82) is 10.5 Å². The van der Waals surface area contributed by atoms with Crippen LogP contribution in [0.5, 0.6) is 0 Å². The maximum Gasteiger partial charge on any atom is 0.348 e. The zero-order valence-electron chi connectivity index (χ0n) is 22.4. The number of hydrogen-bond donors (Lipinski definition) is 2. The molecule has 0 unspecified atom stereocenters. The van der Waals surface area contributed by atoms with Crippen LogP contribution in [0.15, 0.2) is 29.3 Å². The average molecular weight is 578 g/mol. The van der Waals surface area contributed by atoms with Crippen LogP contribution in [-0.2, 0) is 20.7 Å². The topological polar surface area (TPSA) is 168 Å². The molecule has 3 N–H and O–H groups in total. The van der Waals surface area contributed by atoms with Gasteiger partial charge in [0, 0.05) is 17.7 Å². The van der Waals surface area contributed by atoms with Gasteiger partial charge in [0.1, 0.15) is 38.4 Å². The number of nitrogens with one attached hydrogen (secondary N) is 1. The lowest BCUT2D eigenvalue weighted by molar-refractivity contribution is -0.115. The number of carbonyl (C=O) groups excluding carboxylic acids is 3. The Hall–Kier alpha value is -4.39.